The summed E-state index contributed by atoms with van der Waals surface area (Å²) in [7, 11) is 1.45. The summed E-state index contributed by atoms with van der Waals surface area (Å²) in [6, 6.07) is 0. The Morgan fingerprint density at radius 2 is 0.900 bits per heavy atom. The van der Waals surface area contributed by atoms with Crippen molar-refractivity contribution < 1.29 is 9.53 Å². The molecule has 0 saturated carbocycles. The summed E-state index contributed by atoms with van der Waals surface area (Å²) in [6.45, 7) is 2.27. The van der Waals surface area contributed by atoms with E-state index in [1.54, 1.807) is 0 Å². The van der Waals surface area contributed by atoms with Crippen molar-refractivity contribution in [2.75, 3.05) is 7.11 Å². The second-order valence-electron chi connectivity index (χ2n) is 8.36. The molecule has 0 aromatic carbocycles. The topological polar surface area (TPSA) is 26.3 Å². The van der Waals surface area contributed by atoms with Gasteiger partial charge in [-0.1, -0.05) is 94.7 Å². The second kappa shape index (κ2) is 25.7. The van der Waals surface area contributed by atoms with E-state index >= 15 is 0 Å². The SMILES string of the molecule is CCCCCCC=CCCCCCCCCCC=CCCC=CCCCC(=O)OC. The molecule has 0 heterocycles. The molecule has 0 unspecified atom stereocenters. The summed E-state index contributed by atoms with van der Waals surface area (Å²) in [5.41, 5.74) is 0. The fourth-order valence-corrected chi connectivity index (χ4v) is 3.46. The van der Waals surface area contributed by atoms with Crippen molar-refractivity contribution in [2.24, 2.45) is 0 Å². The van der Waals surface area contributed by atoms with Crippen molar-refractivity contribution in [2.45, 2.75) is 129 Å². The molecule has 0 atom stereocenters. The number of esters is 1. The van der Waals surface area contributed by atoms with Crippen LogP contribution in [0.3, 0.4) is 0 Å². The maximum Gasteiger partial charge on any atom is 0.305 e. The van der Waals surface area contributed by atoms with Gasteiger partial charge in [-0.2, -0.15) is 0 Å². The van der Waals surface area contributed by atoms with Crippen LogP contribution in [0.25, 0.3) is 0 Å². The number of unbranched alkanes of at least 4 members (excludes halogenated alkanes) is 14. The maximum absolute atomic E-state index is 11.0. The lowest BCUT2D eigenvalue weighted by molar-refractivity contribution is -0.140. The fourth-order valence-electron chi connectivity index (χ4n) is 3.46. The zero-order chi connectivity index (χ0) is 22.0. The summed E-state index contributed by atoms with van der Waals surface area (Å²) in [5, 5.41) is 0. The first-order valence-electron chi connectivity index (χ1n) is 12.8. The Bertz CT molecular complexity index is 434. The number of allylic oxidation sites excluding steroid dienone is 6. The Balaban J connectivity index is 3.21. The minimum Gasteiger partial charge on any atom is -0.469 e. The van der Waals surface area contributed by atoms with Crippen LogP contribution in [0.2, 0.25) is 0 Å². The van der Waals surface area contributed by atoms with Crippen LogP contribution in [-0.2, 0) is 9.53 Å². The van der Waals surface area contributed by atoms with Gasteiger partial charge in [-0.25, -0.2) is 0 Å². The fraction of sp³-hybridized carbons (Fsp3) is 0.750. The van der Waals surface area contributed by atoms with Gasteiger partial charge in [-0.15, -0.1) is 0 Å². The van der Waals surface area contributed by atoms with Crippen LogP contribution in [0.4, 0.5) is 0 Å². The van der Waals surface area contributed by atoms with E-state index in [-0.39, 0.29) is 5.97 Å². The molecule has 0 aliphatic heterocycles. The van der Waals surface area contributed by atoms with Crippen molar-refractivity contribution in [3.63, 3.8) is 0 Å². The quantitative estimate of drug-likeness (QED) is 0.0994. The van der Waals surface area contributed by atoms with Gasteiger partial charge >= 0.3 is 5.97 Å². The van der Waals surface area contributed by atoms with Crippen molar-refractivity contribution in [1.29, 1.82) is 0 Å². The number of hydrogen-bond acceptors (Lipinski definition) is 2. The molecule has 0 aliphatic rings. The van der Waals surface area contributed by atoms with E-state index in [1.165, 1.54) is 97.0 Å². The molecule has 0 amide bonds. The summed E-state index contributed by atoms with van der Waals surface area (Å²) >= 11 is 0. The smallest absolute Gasteiger partial charge is 0.305 e. The molecule has 0 N–H and O–H groups in total. The largest absolute Gasteiger partial charge is 0.469 e. The molecule has 0 rings (SSSR count). The Morgan fingerprint density at radius 1 is 0.533 bits per heavy atom. The average Bonchev–Trinajstić information content (AvgIpc) is 2.76. The third-order valence-electron chi connectivity index (χ3n) is 5.45. The van der Waals surface area contributed by atoms with Gasteiger partial charge in [0.2, 0.25) is 0 Å². The minimum absolute atomic E-state index is 0.109. The predicted molar refractivity (Wildman–Crippen MR) is 133 cm³/mol. The summed E-state index contributed by atoms with van der Waals surface area (Å²) in [6.07, 6.45) is 37.5. The number of ether oxygens (including phenoxy) is 1. The lowest BCUT2D eigenvalue weighted by Crippen LogP contribution is -1.98. The van der Waals surface area contributed by atoms with Gasteiger partial charge in [0.15, 0.2) is 0 Å². The molecule has 0 radical (unpaired) electrons. The van der Waals surface area contributed by atoms with Crippen molar-refractivity contribution in [3.05, 3.63) is 36.5 Å². The number of carbonyl (C=O) groups is 1. The Morgan fingerprint density at radius 3 is 1.33 bits per heavy atom. The zero-order valence-electron chi connectivity index (χ0n) is 20.2. The van der Waals surface area contributed by atoms with E-state index < -0.39 is 0 Å². The number of carbonyl (C=O) groups excluding carboxylic acids is 1. The molecule has 174 valence electrons. The molecule has 0 aromatic rings. The van der Waals surface area contributed by atoms with Crippen LogP contribution in [0, 0.1) is 0 Å². The number of hydrogen-bond donors (Lipinski definition) is 0. The average molecular weight is 419 g/mol. The first kappa shape index (κ1) is 28.7. The van der Waals surface area contributed by atoms with Gasteiger partial charge in [0.25, 0.3) is 0 Å². The van der Waals surface area contributed by atoms with Gasteiger partial charge in [0.1, 0.15) is 0 Å². The molecule has 0 spiro atoms. The van der Waals surface area contributed by atoms with Gasteiger partial charge in [0.05, 0.1) is 7.11 Å². The molecule has 0 aliphatic carbocycles. The highest BCUT2D eigenvalue weighted by atomic mass is 16.5. The van der Waals surface area contributed by atoms with Gasteiger partial charge in [-0.05, 0) is 64.2 Å². The van der Waals surface area contributed by atoms with Gasteiger partial charge < -0.3 is 4.74 Å². The van der Waals surface area contributed by atoms with Crippen molar-refractivity contribution >= 4 is 5.97 Å². The van der Waals surface area contributed by atoms with Gasteiger partial charge in [0, 0.05) is 6.42 Å². The number of rotatable bonds is 22. The summed E-state index contributed by atoms with van der Waals surface area (Å²) in [4.78, 5) is 11.0. The van der Waals surface area contributed by atoms with Crippen LogP contribution in [0.5, 0.6) is 0 Å². The van der Waals surface area contributed by atoms with Crippen molar-refractivity contribution in [1.82, 2.24) is 0 Å². The highest BCUT2D eigenvalue weighted by Crippen LogP contribution is 2.11. The maximum atomic E-state index is 11.0. The molecule has 30 heavy (non-hydrogen) atoms. The Kier molecular flexibility index (Phi) is 24.6. The molecule has 0 aromatic heterocycles. The first-order chi connectivity index (χ1) is 14.8. The van der Waals surface area contributed by atoms with Crippen LogP contribution in [-0.4, -0.2) is 13.1 Å². The number of methoxy groups -OCH3 is 1. The van der Waals surface area contributed by atoms with Crippen LogP contribution >= 0.6 is 0 Å². The molecule has 0 saturated heterocycles. The third-order valence-corrected chi connectivity index (χ3v) is 5.45. The van der Waals surface area contributed by atoms with E-state index in [9.17, 15) is 4.79 Å². The second-order valence-corrected chi connectivity index (χ2v) is 8.36. The third kappa shape index (κ3) is 24.7. The van der Waals surface area contributed by atoms with Crippen LogP contribution in [0.1, 0.15) is 129 Å². The monoisotopic (exact) mass is 418 g/mol. The normalized spacial score (nSPS) is 11.9. The molecule has 0 fully saturated rings. The van der Waals surface area contributed by atoms with Crippen LogP contribution in [0.15, 0.2) is 36.5 Å². The molecule has 2 heteroatoms. The minimum atomic E-state index is -0.109. The molecule has 2 nitrogen and oxygen atoms in total. The van der Waals surface area contributed by atoms with Crippen LogP contribution < -0.4 is 0 Å². The first-order valence-corrected chi connectivity index (χ1v) is 12.8. The van der Waals surface area contributed by atoms with E-state index in [1.807, 2.05) is 0 Å². The van der Waals surface area contributed by atoms with E-state index in [4.69, 9.17) is 0 Å². The highest BCUT2D eigenvalue weighted by molar-refractivity contribution is 5.69. The Labute approximate surface area is 188 Å². The van der Waals surface area contributed by atoms with E-state index in [0.29, 0.717) is 6.42 Å². The molecular formula is C28H50O2. The predicted octanol–water partition coefficient (Wildman–Crippen LogP) is 9.26. The molecule has 0 bridgehead atoms. The lowest BCUT2D eigenvalue weighted by atomic mass is 10.1. The highest BCUT2D eigenvalue weighted by Gasteiger charge is 1.96. The van der Waals surface area contributed by atoms with E-state index in [0.717, 1.165) is 25.7 Å². The lowest BCUT2D eigenvalue weighted by Gasteiger charge is -2.00. The summed E-state index contributed by atoms with van der Waals surface area (Å²) < 4.78 is 4.63. The Hall–Kier alpha value is -1.31. The summed E-state index contributed by atoms with van der Waals surface area (Å²) in [5.74, 6) is -0.109. The van der Waals surface area contributed by atoms with Gasteiger partial charge in [-0.3, -0.25) is 4.79 Å². The van der Waals surface area contributed by atoms with Crippen molar-refractivity contribution in [3.8, 4) is 0 Å². The zero-order valence-corrected chi connectivity index (χ0v) is 20.2. The van der Waals surface area contributed by atoms with E-state index in [2.05, 4.69) is 48.1 Å². The molecular weight excluding hydrogens is 368 g/mol. The standard InChI is InChI=1S/C28H50O2/c1-3-4-5-6-7-8-9-10-11-12-13-14-15-16-17-18-19-20-21-22-23-24-25-26-27-28(29)30-2/h8-9,19-20,23-24H,3-7,10-18,21-22,25-27H2,1-2H3.